The number of fused-ring (bicyclic) bond motifs is 1. The minimum absolute atomic E-state index is 0.710. The van der Waals surface area contributed by atoms with Crippen LogP contribution in [-0.2, 0) is 6.54 Å². The van der Waals surface area contributed by atoms with Crippen molar-refractivity contribution in [3.05, 3.63) is 58.7 Å². The molecular weight excluding hydrogens is 304 g/mol. The van der Waals surface area contributed by atoms with Crippen LogP contribution in [-0.4, -0.2) is 14.4 Å². The fourth-order valence-corrected chi connectivity index (χ4v) is 2.46. The number of imidazole rings is 1. The Balaban J connectivity index is 1.90. The van der Waals surface area contributed by atoms with Crippen molar-refractivity contribution < 1.29 is 0 Å². The number of nitrogens with zero attached hydrogens (tertiary/aromatic N) is 3. The number of hydrogen-bond acceptors (Lipinski definition) is 3. The van der Waals surface area contributed by atoms with E-state index in [4.69, 9.17) is 0 Å². The molecule has 0 saturated heterocycles. The third-order valence-corrected chi connectivity index (χ3v) is 3.67. The summed E-state index contributed by atoms with van der Waals surface area (Å²) in [5, 5.41) is 3.38. The molecule has 0 unspecified atom stereocenters. The van der Waals surface area contributed by atoms with Crippen LogP contribution < -0.4 is 5.32 Å². The quantitative estimate of drug-likeness (QED) is 0.753. The second kappa shape index (κ2) is 5.01. The number of halogens is 1. The molecule has 0 radical (unpaired) electrons. The third-order valence-electron chi connectivity index (χ3n) is 3.03. The van der Waals surface area contributed by atoms with Crippen LogP contribution in [0, 0.1) is 6.92 Å². The lowest BCUT2D eigenvalue weighted by atomic mass is 10.3. The van der Waals surface area contributed by atoms with Crippen LogP contribution in [0.25, 0.3) is 5.65 Å². The van der Waals surface area contributed by atoms with Gasteiger partial charge < -0.3 is 9.72 Å². The smallest absolute Gasteiger partial charge is 0.137 e. The third kappa shape index (κ3) is 2.33. The zero-order chi connectivity index (χ0) is 13.2. The van der Waals surface area contributed by atoms with E-state index in [-0.39, 0.29) is 0 Å². The van der Waals surface area contributed by atoms with Gasteiger partial charge in [-0.05, 0) is 47.1 Å². The summed E-state index contributed by atoms with van der Waals surface area (Å²) >= 11 is 3.43. The summed E-state index contributed by atoms with van der Waals surface area (Å²) < 4.78 is 2.92. The largest absolute Gasteiger partial charge is 0.377 e. The van der Waals surface area contributed by atoms with Crippen molar-refractivity contribution in [1.82, 2.24) is 14.4 Å². The summed E-state index contributed by atoms with van der Waals surface area (Å²) in [5.74, 6) is 0. The van der Waals surface area contributed by atoms with Crippen LogP contribution in [0.4, 0.5) is 5.69 Å². The van der Waals surface area contributed by atoms with Crippen LogP contribution in [0.2, 0.25) is 0 Å². The summed E-state index contributed by atoms with van der Waals surface area (Å²) in [5.41, 5.74) is 4.15. The molecule has 0 saturated carbocycles. The van der Waals surface area contributed by atoms with Crippen molar-refractivity contribution in [2.24, 2.45) is 0 Å². The molecule has 0 spiro atoms. The number of aromatic nitrogens is 3. The fourth-order valence-electron chi connectivity index (χ4n) is 2.07. The summed E-state index contributed by atoms with van der Waals surface area (Å²) in [4.78, 5) is 8.74. The van der Waals surface area contributed by atoms with Gasteiger partial charge >= 0.3 is 0 Å². The van der Waals surface area contributed by atoms with Crippen LogP contribution >= 0.6 is 15.9 Å². The SMILES string of the molecule is Cc1nc2ccccn2c1CNc1cccnc1Br. The Kier molecular flexibility index (Phi) is 3.21. The number of anilines is 1. The first-order chi connectivity index (χ1) is 9.25. The Bertz CT molecular complexity index is 720. The molecule has 96 valence electrons. The van der Waals surface area contributed by atoms with Gasteiger partial charge in [0.05, 0.1) is 23.6 Å². The molecule has 3 heterocycles. The predicted octanol–water partition coefficient (Wildman–Crippen LogP) is 3.41. The number of rotatable bonds is 3. The number of aryl methyl sites for hydroxylation is 1. The number of hydrogen-bond donors (Lipinski definition) is 1. The van der Waals surface area contributed by atoms with Gasteiger partial charge in [-0.2, -0.15) is 0 Å². The minimum Gasteiger partial charge on any atom is -0.377 e. The zero-order valence-corrected chi connectivity index (χ0v) is 12.1. The average molecular weight is 317 g/mol. The van der Waals surface area contributed by atoms with E-state index < -0.39 is 0 Å². The normalized spacial score (nSPS) is 10.8. The number of pyridine rings is 2. The Morgan fingerprint density at radius 3 is 3.00 bits per heavy atom. The molecule has 0 bridgehead atoms. The van der Waals surface area contributed by atoms with Gasteiger partial charge in [-0.3, -0.25) is 0 Å². The van der Waals surface area contributed by atoms with Crippen LogP contribution in [0.1, 0.15) is 11.4 Å². The van der Waals surface area contributed by atoms with Gasteiger partial charge in [0.25, 0.3) is 0 Å². The topological polar surface area (TPSA) is 42.2 Å². The van der Waals surface area contributed by atoms with E-state index in [1.807, 2.05) is 43.5 Å². The summed E-state index contributed by atoms with van der Waals surface area (Å²) in [7, 11) is 0. The molecule has 1 N–H and O–H groups in total. The van der Waals surface area contributed by atoms with Gasteiger partial charge in [-0.25, -0.2) is 9.97 Å². The molecule has 3 rings (SSSR count). The Hall–Kier alpha value is -1.88. The molecule has 5 heteroatoms. The van der Waals surface area contributed by atoms with E-state index in [0.29, 0.717) is 6.54 Å². The average Bonchev–Trinajstić information content (AvgIpc) is 2.74. The molecule has 0 amide bonds. The minimum atomic E-state index is 0.710. The van der Waals surface area contributed by atoms with Crippen molar-refractivity contribution in [2.45, 2.75) is 13.5 Å². The molecule has 3 aromatic heterocycles. The van der Waals surface area contributed by atoms with E-state index in [1.165, 1.54) is 0 Å². The lowest BCUT2D eigenvalue weighted by molar-refractivity contribution is 0.983. The van der Waals surface area contributed by atoms with E-state index in [9.17, 15) is 0 Å². The summed E-state index contributed by atoms with van der Waals surface area (Å²) in [6, 6.07) is 9.93. The highest BCUT2D eigenvalue weighted by atomic mass is 79.9. The van der Waals surface area contributed by atoms with E-state index in [1.54, 1.807) is 6.20 Å². The molecule has 3 aromatic rings. The maximum Gasteiger partial charge on any atom is 0.137 e. The molecule has 19 heavy (non-hydrogen) atoms. The second-order valence-electron chi connectivity index (χ2n) is 4.27. The molecule has 0 aliphatic rings. The first kappa shape index (κ1) is 12.2. The van der Waals surface area contributed by atoms with E-state index in [0.717, 1.165) is 27.3 Å². The van der Waals surface area contributed by atoms with Gasteiger partial charge in [-0.1, -0.05) is 6.07 Å². The lowest BCUT2D eigenvalue weighted by Crippen LogP contribution is -2.04. The van der Waals surface area contributed by atoms with E-state index in [2.05, 4.69) is 35.6 Å². The van der Waals surface area contributed by atoms with Gasteiger partial charge in [0.1, 0.15) is 10.3 Å². The first-order valence-electron chi connectivity index (χ1n) is 6.02. The Morgan fingerprint density at radius 2 is 2.16 bits per heavy atom. The first-order valence-corrected chi connectivity index (χ1v) is 6.82. The molecular formula is C14H13BrN4. The highest BCUT2D eigenvalue weighted by Crippen LogP contribution is 2.20. The highest BCUT2D eigenvalue weighted by Gasteiger charge is 2.08. The Labute approximate surface area is 119 Å². The van der Waals surface area contributed by atoms with Gasteiger partial charge in [-0.15, -0.1) is 0 Å². The van der Waals surface area contributed by atoms with Crippen LogP contribution in [0.15, 0.2) is 47.3 Å². The molecule has 0 fully saturated rings. The van der Waals surface area contributed by atoms with Gasteiger partial charge in [0.2, 0.25) is 0 Å². The molecule has 0 atom stereocenters. The van der Waals surface area contributed by atoms with Crippen molar-refractivity contribution in [1.29, 1.82) is 0 Å². The lowest BCUT2D eigenvalue weighted by Gasteiger charge is -2.08. The summed E-state index contributed by atoms with van der Waals surface area (Å²) in [6.45, 7) is 2.74. The van der Waals surface area contributed by atoms with Crippen LogP contribution in [0.3, 0.4) is 0 Å². The molecule has 0 aromatic carbocycles. The summed E-state index contributed by atoms with van der Waals surface area (Å²) in [6.07, 6.45) is 3.79. The fraction of sp³-hybridized carbons (Fsp3) is 0.143. The predicted molar refractivity (Wildman–Crippen MR) is 79.2 cm³/mol. The van der Waals surface area contributed by atoms with Crippen molar-refractivity contribution >= 4 is 27.3 Å². The standard InChI is InChI=1S/C14H13BrN4/c1-10-12(19-8-3-2-6-13(19)18-10)9-17-11-5-4-7-16-14(11)15/h2-8,17H,9H2,1H3. The molecule has 0 aliphatic carbocycles. The number of nitrogens with one attached hydrogen (secondary N) is 1. The van der Waals surface area contributed by atoms with Crippen molar-refractivity contribution in [2.75, 3.05) is 5.32 Å². The second-order valence-corrected chi connectivity index (χ2v) is 5.02. The highest BCUT2D eigenvalue weighted by molar-refractivity contribution is 9.10. The van der Waals surface area contributed by atoms with E-state index >= 15 is 0 Å². The maximum atomic E-state index is 4.54. The van der Waals surface area contributed by atoms with Gasteiger partial charge in [0, 0.05) is 12.4 Å². The maximum absolute atomic E-state index is 4.54. The van der Waals surface area contributed by atoms with Crippen molar-refractivity contribution in [3.63, 3.8) is 0 Å². The zero-order valence-electron chi connectivity index (χ0n) is 10.5. The van der Waals surface area contributed by atoms with Crippen molar-refractivity contribution in [3.8, 4) is 0 Å². The monoisotopic (exact) mass is 316 g/mol. The molecule has 4 nitrogen and oxygen atoms in total. The molecule has 0 aliphatic heterocycles. The Morgan fingerprint density at radius 1 is 1.26 bits per heavy atom. The van der Waals surface area contributed by atoms with Crippen LogP contribution in [0.5, 0.6) is 0 Å². The van der Waals surface area contributed by atoms with Gasteiger partial charge in [0.15, 0.2) is 0 Å².